The molecule has 0 radical (unpaired) electrons. The number of aliphatic hydroxyl groups is 1. The third-order valence-electron chi connectivity index (χ3n) is 8.71. The summed E-state index contributed by atoms with van der Waals surface area (Å²) >= 11 is 0. The summed E-state index contributed by atoms with van der Waals surface area (Å²) in [7, 11) is -0.561. The summed E-state index contributed by atoms with van der Waals surface area (Å²) in [5.41, 5.74) is 1.31. The molecule has 3 aliphatic heterocycles. The molecule has 3 aliphatic rings. The number of aliphatic hydroxyl groups excluding tert-OH is 1. The van der Waals surface area contributed by atoms with Gasteiger partial charge in [0, 0.05) is 43.3 Å². The first kappa shape index (κ1) is 25.7. The number of benzene rings is 2. The van der Waals surface area contributed by atoms with Crippen LogP contribution in [-0.2, 0) is 19.9 Å². The molecule has 1 N–H and O–H groups in total. The Balaban J connectivity index is 1.63. The van der Waals surface area contributed by atoms with E-state index >= 15 is 0 Å². The van der Waals surface area contributed by atoms with E-state index in [1.165, 1.54) is 5.19 Å². The minimum absolute atomic E-state index is 0.0171. The highest BCUT2D eigenvalue weighted by atomic mass is 28.3. The molecule has 7 nitrogen and oxygen atoms in total. The first-order chi connectivity index (χ1) is 17.7. The summed E-state index contributed by atoms with van der Waals surface area (Å²) in [6.07, 6.45) is 2.45. The topological polar surface area (TPSA) is 79.3 Å². The molecule has 2 fully saturated rings. The van der Waals surface area contributed by atoms with Gasteiger partial charge in [-0.15, -0.1) is 6.58 Å². The van der Waals surface area contributed by atoms with Gasteiger partial charge < -0.3 is 24.4 Å². The molecule has 5 rings (SSSR count). The van der Waals surface area contributed by atoms with Crippen molar-refractivity contribution in [2.24, 2.45) is 5.92 Å². The molecule has 3 heterocycles. The van der Waals surface area contributed by atoms with Crippen molar-refractivity contribution in [3.8, 4) is 5.75 Å². The lowest BCUT2D eigenvalue weighted by molar-refractivity contribution is -0.146. The fraction of sp³-hybridized carbons (Fsp3) is 0.448. The second-order valence-electron chi connectivity index (χ2n) is 10.9. The van der Waals surface area contributed by atoms with Crippen molar-refractivity contribution in [1.82, 2.24) is 0 Å². The molecule has 37 heavy (non-hydrogen) atoms. The summed E-state index contributed by atoms with van der Waals surface area (Å²) in [4.78, 5) is 30.0. The Kier molecular flexibility index (Phi) is 6.54. The zero-order valence-corrected chi connectivity index (χ0v) is 23.1. The molecule has 2 aromatic carbocycles. The van der Waals surface area contributed by atoms with Crippen molar-refractivity contribution in [1.29, 1.82) is 0 Å². The van der Waals surface area contributed by atoms with Crippen LogP contribution in [0.15, 0.2) is 55.1 Å². The Morgan fingerprint density at radius 1 is 1.22 bits per heavy atom. The molecule has 2 amide bonds. The van der Waals surface area contributed by atoms with Gasteiger partial charge in [-0.2, -0.15) is 0 Å². The van der Waals surface area contributed by atoms with Gasteiger partial charge in [0.05, 0.1) is 27.0 Å². The van der Waals surface area contributed by atoms with E-state index in [2.05, 4.69) is 38.7 Å². The van der Waals surface area contributed by atoms with E-state index in [0.717, 1.165) is 22.7 Å². The molecule has 0 aliphatic carbocycles. The molecule has 0 bridgehead atoms. The molecule has 0 unspecified atom stereocenters. The predicted octanol–water partition coefficient (Wildman–Crippen LogP) is 3.56. The van der Waals surface area contributed by atoms with E-state index in [9.17, 15) is 14.7 Å². The van der Waals surface area contributed by atoms with Gasteiger partial charge in [-0.1, -0.05) is 43.4 Å². The van der Waals surface area contributed by atoms with E-state index < -0.39 is 13.7 Å². The van der Waals surface area contributed by atoms with Gasteiger partial charge in [0.2, 0.25) is 5.91 Å². The van der Waals surface area contributed by atoms with Gasteiger partial charge in [-0.05, 0) is 42.3 Å². The maximum absolute atomic E-state index is 14.3. The molecule has 4 atom stereocenters. The first-order valence-electron chi connectivity index (χ1n) is 13.0. The van der Waals surface area contributed by atoms with Crippen LogP contribution in [0.4, 0.5) is 11.4 Å². The molecule has 0 saturated carbocycles. The number of β-lactam (4-membered cyclic amide) rings is 1. The van der Waals surface area contributed by atoms with Crippen LogP contribution >= 0.6 is 0 Å². The second-order valence-corrected chi connectivity index (χ2v) is 15.6. The van der Waals surface area contributed by atoms with E-state index in [4.69, 9.17) is 9.47 Å². The number of amides is 2. The Hall–Kier alpha value is -2.94. The van der Waals surface area contributed by atoms with Crippen molar-refractivity contribution < 1.29 is 24.2 Å². The maximum Gasteiger partial charge on any atom is 0.264 e. The smallest absolute Gasteiger partial charge is 0.264 e. The average molecular weight is 521 g/mol. The van der Waals surface area contributed by atoms with Gasteiger partial charge in [0.1, 0.15) is 5.75 Å². The normalized spacial score (nSPS) is 27.0. The fourth-order valence-corrected chi connectivity index (χ4v) is 10.8. The second kappa shape index (κ2) is 9.42. The number of hydrogen-bond donors (Lipinski definition) is 1. The van der Waals surface area contributed by atoms with E-state index in [1.807, 2.05) is 30.3 Å². The lowest BCUT2D eigenvalue weighted by Crippen LogP contribution is -2.52. The number of carbonyl (C=O) groups is 2. The quantitative estimate of drug-likeness (QED) is 0.327. The highest BCUT2D eigenvalue weighted by Gasteiger charge is 2.66. The maximum atomic E-state index is 14.3. The largest absolute Gasteiger partial charge is 0.497 e. The summed E-state index contributed by atoms with van der Waals surface area (Å²) < 4.78 is 12.3. The highest BCUT2D eigenvalue weighted by Crippen LogP contribution is 2.60. The van der Waals surface area contributed by atoms with Gasteiger partial charge in [-0.25, -0.2) is 0 Å². The van der Waals surface area contributed by atoms with Gasteiger partial charge in [-0.3, -0.25) is 9.59 Å². The molecule has 2 saturated heterocycles. The van der Waals surface area contributed by atoms with Crippen LogP contribution in [-0.4, -0.2) is 57.9 Å². The van der Waals surface area contributed by atoms with Crippen LogP contribution in [0.5, 0.6) is 5.75 Å². The van der Waals surface area contributed by atoms with Crippen LogP contribution in [0.3, 0.4) is 0 Å². The van der Waals surface area contributed by atoms with Gasteiger partial charge in [0.25, 0.3) is 5.91 Å². The Morgan fingerprint density at radius 3 is 2.51 bits per heavy atom. The molecule has 8 heteroatoms. The minimum atomic E-state index is -2.22. The van der Waals surface area contributed by atoms with Crippen LogP contribution in [0.1, 0.15) is 25.3 Å². The van der Waals surface area contributed by atoms with Crippen molar-refractivity contribution in [3.63, 3.8) is 0 Å². The number of methoxy groups -OCH3 is 1. The third kappa shape index (κ3) is 3.76. The van der Waals surface area contributed by atoms with Gasteiger partial charge in [0.15, 0.2) is 5.60 Å². The zero-order valence-electron chi connectivity index (χ0n) is 22.1. The monoisotopic (exact) mass is 520 g/mol. The molecule has 2 aromatic rings. The summed E-state index contributed by atoms with van der Waals surface area (Å²) in [5, 5.41) is 11.3. The lowest BCUT2D eigenvalue weighted by atomic mass is 9.82. The predicted molar refractivity (Wildman–Crippen MR) is 147 cm³/mol. The number of hydrogen-bond acceptors (Lipinski definition) is 5. The number of ether oxygens (including phenoxy) is 2. The Morgan fingerprint density at radius 2 is 1.95 bits per heavy atom. The van der Waals surface area contributed by atoms with Gasteiger partial charge >= 0.3 is 0 Å². The van der Waals surface area contributed by atoms with Crippen LogP contribution in [0.25, 0.3) is 0 Å². The number of fused-ring (bicyclic) bond motifs is 2. The zero-order chi connectivity index (χ0) is 26.5. The Bertz CT molecular complexity index is 1230. The van der Waals surface area contributed by atoms with Crippen LogP contribution in [0, 0.1) is 5.92 Å². The first-order valence-corrected chi connectivity index (χ1v) is 16.1. The fourth-order valence-electron chi connectivity index (χ4n) is 6.76. The lowest BCUT2D eigenvalue weighted by Gasteiger charge is -2.37. The van der Waals surface area contributed by atoms with Crippen molar-refractivity contribution in [2.75, 3.05) is 36.6 Å². The van der Waals surface area contributed by atoms with E-state index in [-0.39, 0.29) is 36.0 Å². The molecule has 1 spiro atoms. The highest BCUT2D eigenvalue weighted by molar-refractivity contribution is 6.91. The van der Waals surface area contributed by atoms with E-state index in [1.54, 1.807) is 23.0 Å². The third-order valence-corrected chi connectivity index (χ3v) is 13.1. The number of anilines is 2. The average Bonchev–Trinajstić information content (AvgIpc) is 3.30. The number of rotatable bonds is 8. The molecule has 0 aromatic heterocycles. The minimum Gasteiger partial charge on any atom is -0.497 e. The standard InChI is InChI=1S/C29H36N2O5Si/c1-6-15-31-24-12-7-20(30-16-13-26(30)33)18-23(24)29(28(31)34)19(2)27(25(36-29)14-17-32)37(4,5)22-10-8-21(35-3)9-11-22/h6-12,18-19,25,27,32H,1,13-17H2,2-5H3/t19-,25+,27-,29+/m1/s1. The number of nitrogens with zero attached hydrogens (tertiary/aromatic N) is 2. The summed E-state index contributed by atoms with van der Waals surface area (Å²) in [6.45, 7) is 11.7. The number of carbonyl (C=O) groups excluding carboxylic acids is 2. The summed E-state index contributed by atoms with van der Waals surface area (Å²) in [6, 6.07) is 14.0. The molecular weight excluding hydrogens is 484 g/mol. The van der Waals surface area contributed by atoms with E-state index in [0.29, 0.717) is 25.9 Å². The SMILES string of the molecule is C=CCN1C(=O)[C@@]2(O[C@@H](CCO)[C@H]([Si](C)(C)c3ccc(OC)cc3)[C@H]2C)c2cc(N3CCC3=O)ccc21. The van der Waals surface area contributed by atoms with Crippen molar-refractivity contribution >= 4 is 36.4 Å². The molecular formula is C29H36N2O5Si. The van der Waals surface area contributed by atoms with Crippen LogP contribution in [0.2, 0.25) is 18.6 Å². The Labute approximate surface area is 219 Å². The summed E-state index contributed by atoms with van der Waals surface area (Å²) in [5.74, 6) is 0.662. The van der Waals surface area contributed by atoms with Crippen molar-refractivity contribution in [3.05, 3.63) is 60.7 Å². The van der Waals surface area contributed by atoms with Crippen LogP contribution < -0.4 is 19.7 Å². The molecule has 196 valence electrons. The van der Waals surface area contributed by atoms with Crippen molar-refractivity contribution in [2.45, 2.75) is 50.1 Å².